The van der Waals surface area contributed by atoms with E-state index in [0.29, 0.717) is 36.1 Å². The summed E-state index contributed by atoms with van der Waals surface area (Å²) in [5.74, 6) is 1.49. The van der Waals surface area contributed by atoms with E-state index in [1.54, 1.807) is 18.6 Å². The van der Waals surface area contributed by atoms with Crippen LogP contribution in [-0.2, 0) is 13.1 Å². The molecule has 0 unspecified atom stereocenters. The zero-order valence-corrected chi connectivity index (χ0v) is 15.5. The third-order valence-electron chi connectivity index (χ3n) is 3.97. The number of hydrogen-bond acceptors (Lipinski definition) is 5. The second kappa shape index (κ2) is 9.77. The maximum Gasteiger partial charge on any atom is 0.387 e. The monoisotopic (exact) mass is 395 g/mol. The van der Waals surface area contributed by atoms with Gasteiger partial charge in [0.25, 0.3) is 0 Å². The molecule has 2 aromatic rings. The number of rotatable bonds is 9. The molecule has 1 aliphatic rings. The average Bonchev–Trinajstić information content (AvgIpc) is 3.33. The molecule has 0 saturated heterocycles. The van der Waals surface area contributed by atoms with Gasteiger partial charge in [-0.15, -0.1) is 0 Å². The summed E-state index contributed by atoms with van der Waals surface area (Å²) in [5.41, 5.74) is 0.486. The van der Waals surface area contributed by atoms with Gasteiger partial charge < -0.3 is 29.4 Å². The lowest BCUT2D eigenvalue weighted by Gasteiger charge is -2.13. The van der Waals surface area contributed by atoms with Gasteiger partial charge in [0.2, 0.25) is 6.79 Å². The third kappa shape index (κ3) is 5.48. The van der Waals surface area contributed by atoms with Crippen LogP contribution in [0.4, 0.5) is 8.78 Å². The maximum atomic E-state index is 12.7. The molecule has 0 radical (unpaired) electrons. The van der Waals surface area contributed by atoms with Gasteiger partial charge in [-0.25, -0.2) is 9.98 Å². The van der Waals surface area contributed by atoms with Crippen molar-refractivity contribution < 1.29 is 23.0 Å². The highest BCUT2D eigenvalue weighted by Gasteiger charge is 2.20. The molecule has 28 heavy (non-hydrogen) atoms. The van der Waals surface area contributed by atoms with Gasteiger partial charge in [-0.3, -0.25) is 0 Å². The SMILES string of the molecule is CCNC(=NCc1cc2c(cc1OC(F)F)OCO2)NCCCn1ccnc1. The molecule has 8 nitrogen and oxygen atoms in total. The zero-order chi connectivity index (χ0) is 19.8. The fourth-order valence-electron chi connectivity index (χ4n) is 2.69. The van der Waals surface area contributed by atoms with E-state index in [2.05, 4.69) is 25.3 Å². The van der Waals surface area contributed by atoms with Crippen LogP contribution >= 0.6 is 0 Å². The largest absolute Gasteiger partial charge is 0.454 e. The summed E-state index contributed by atoms with van der Waals surface area (Å²) in [4.78, 5) is 8.47. The average molecular weight is 395 g/mol. The molecule has 152 valence electrons. The van der Waals surface area contributed by atoms with Crippen molar-refractivity contribution in [2.45, 2.75) is 33.0 Å². The quantitative estimate of drug-likeness (QED) is 0.385. The smallest absolute Gasteiger partial charge is 0.387 e. The van der Waals surface area contributed by atoms with E-state index in [-0.39, 0.29) is 19.1 Å². The Labute approximate surface area is 161 Å². The van der Waals surface area contributed by atoms with Crippen LogP contribution in [0.2, 0.25) is 0 Å². The van der Waals surface area contributed by atoms with Gasteiger partial charge in [-0.05, 0) is 19.4 Å². The summed E-state index contributed by atoms with van der Waals surface area (Å²) in [6.45, 7) is 1.43. The molecule has 0 saturated carbocycles. The van der Waals surface area contributed by atoms with Crippen molar-refractivity contribution in [1.29, 1.82) is 0 Å². The molecule has 2 N–H and O–H groups in total. The second-order valence-corrected chi connectivity index (χ2v) is 5.97. The molecule has 0 aliphatic carbocycles. The van der Waals surface area contributed by atoms with Crippen LogP contribution < -0.4 is 24.8 Å². The minimum Gasteiger partial charge on any atom is -0.454 e. The number of guanidine groups is 1. The summed E-state index contributed by atoms with van der Waals surface area (Å²) in [6.07, 6.45) is 6.29. The number of aliphatic imine (C=N–C) groups is 1. The number of nitrogens with one attached hydrogen (secondary N) is 2. The Kier molecular flexibility index (Phi) is 6.88. The molecule has 3 rings (SSSR count). The van der Waals surface area contributed by atoms with Crippen molar-refractivity contribution in [2.75, 3.05) is 19.9 Å². The van der Waals surface area contributed by atoms with Crippen LogP contribution in [0.5, 0.6) is 17.2 Å². The predicted octanol–water partition coefficient (Wildman–Crippen LogP) is 2.36. The van der Waals surface area contributed by atoms with E-state index in [0.717, 1.165) is 13.0 Å². The summed E-state index contributed by atoms with van der Waals surface area (Å²) in [7, 11) is 0. The number of hydrogen-bond donors (Lipinski definition) is 2. The summed E-state index contributed by atoms with van der Waals surface area (Å²) < 4.78 is 42.6. The number of aryl methyl sites for hydroxylation is 1. The van der Waals surface area contributed by atoms with Crippen molar-refractivity contribution in [3.63, 3.8) is 0 Å². The van der Waals surface area contributed by atoms with E-state index in [4.69, 9.17) is 9.47 Å². The van der Waals surface area contributed by atoms with Crippen molar-refractivity contribution in [3.05, 3.63) is 36.4 Å². The van der Waals surface area contributed by atoms with Gasteiger partial charge in [0.15, 0.2) is 17.5 Å². The lowest BCUT2D eigenvalue weighted by molar-refractivity contribution is -0.0505. The number of halogens is 2. The molecular weight excluding hydrogens is 372 g/mol. The Hall–Kier alpha value is -3.04. The highest BCUT2D eigenvalue weighted by atomic mass is 19.3. The van der Waals surface area contributed by atoms with Gasteiger partial charge in [0, 0.05) is 43.7 Å². The van der Waals surface area contributed by atoms with Crippen molar-refractivity contribution >= 4 is 5.96 Å². The molecular formula is C18H23F2N5O3. The molecule has 10 heteroatoms. The van der Waals surface area contributed by atoms with E-state index in [1.807, 2.05) is 17.7 Å². The van der Waals surface area contributed by atoms with Gasteiger partial charge >= 0.3 is 6.61 Å². The van der Waals surface area contributed by atoms with Gasteiger partial charge in [-0.2, -0.15) is 8.78 Å². The van der Waals surface area contributed by atoms with Crippen molar-refractivity contribution in [3.8, 4) is 17.2 Å². The molecule has 2 heterocycles. The predicted molar refractivity (Wildman–Crippen MR) is 98.9 cm³/mol. The van der Waals surface area contributed by atoms with Crippen molar-refractivity contribution in [2.24, 2.45) is 4.99 Å². The minimum atomic E-state index is -2.93. The fourth-order valence-corrected chi connectivity index (χ4v) is 2.69. The van der Waals surface area contributed by atoms with Crippen LogP contribution in [0.25, 0.3) is 0 Å². The Morgan fingerprint density at radius 3 is 2.86 bits per heavy atom. The van der Waals surface area contributed by atoms with Crippen LogP contribution in [0.15, 0.2) is 35.8 Å². The first kappa shape index (κ1) is 19.7. The molecule has 0 atom stereocenters. The van der Waals surface area contributed by atoms with E-state index in [9.17, 15) is 8.78 Å². The van der Waals surface area contributed by atoms with Crippen LogP contribution in [-0.4, -0.2) is 42.0 Å². The summed E-state index contributed by atoms with van der Waals surface area (Å²) in [5, 5.41) is 6.36. The molecule has 0 fully saturated rings. The molecule has 0 bridgehead atoms. The molecule has 1 aliphatic heterocycles. The molecule has 1 aromatic heterocycles. The van der Waals surface area contributed by atoms with E-state index in [1.165, 1.54) is 6.07 Å². The van der Waals surface area contributed by atoms with Gasteiger partial charge in [-0.1, -0.05) is 0 Å². The maximum absolute atomic E-state index is 12.7. The molecule has 0 spiro atoms. The number of benzene rings is 1. The Bertz CT molecular complexity index is 784. The number of aromatic nitrogens is 2. The normalized spacial score (nSPS) is 13.1. The zero-order valence-electron chi connectivity index (χ0n) is 15.5. The number of alkyl halides is 2. The Morgan fingerprint density at radius 1 is 1.32 bits per heavy atom. The Morgan fingerprint density at radius 2 is 2.14 bits per heavy atom. The van der Waals surface area contributed by atoms with Crippen LogP contribution in [0, 0.1) is 0 Å². The molecule has 0 amide bonds. The standard InChI is InChI=1S/C18H23F2N5O3/c1-2-22-18(23-4-3-6-25-7-5-21-11-25)24-10-13-8-15-16(27-12-26-15)9-14(13)28-17(19)20/h5,7-9,11,17H,2-4,6,10,12H2,1H3,(H2,22,23,24). The highest BCUT2D eigenvalue weighted by molar-refractivity contribution is 5.79. The van der Waals surface area contributed by atoms with Gasteiger partial charge in [0.1, 0.15) is 5.75 Å². The summed E-state index contributed by atoms with van der Waals surface area (Å²) >= 11 is 0. The first-order valence-corrected chi connectivity index (χ1v) is 9.01. The number of imidazole rings is 1. The topological polar surface area (TPSA) is 81.9 Å². The molecule has 1 aromatic carbocycles. The summed E-state index contributed by atoms with van der Waals surface area (Å²) in [6, 6.07) is 3.02. The van der Waals surface area contributed by atoms with E-state index < -0.39 is 6.61 Å². The first-order valence-electron chi connectivity index (χ1n) is 9.01. The first-order chi connectivity index (χ1) is 13.7. The van der Waals surface area contributed by atoms with Crippen LogP contribution in [0.3, 0.4) is 0 Å². The number of nitrogens with zero attached hydrogens (tertiary/aromatic N) is 3. The lowest BCUT2D eigenvalue weighted by atomic mass is 10.1. The van der Waals surface area contributed by atoms with E-state index >= 15 is 0 Å². The number of ether oxygens (including phenoxy) is 3. The fraction of sp³-hybridized carbons (Fsp3) is 0.444. The van der Waals surface area contributed by atoms with Crippen LogP contribution in [0.1, 0.15) is 18.9 Å². The highest BCUT2D eigenvalue weighted by Crippen LogP contribution is 2.38. The second-order valence-electron chi connectivity index (χ2n) is 5.97. The lowest BCUT2D eigenvalue weighted by Crippen LogP contribution is -2.38. The van der Waals surface area contributed by atoms with Crippen molar-refractivity contribution in [1.82, 2.24) is 20.2 Å². The number of fused-ring (bicyclic) bond motifs is 1. The Balaban J connectivity index is 1.62. The minimum absolute atomic E-state index is 0.0268. The van der Waals surface area contributed by atoms with Gasteiger partial charge in [0.05, 0.1) is 12.9 Å². The third-order valence-corrected chi connectivity index (χ3v) is 3.97.